The molecule has 0 aliphatic carbocycles. The molecule has 4 amide bonds. The number of benzene rings is 4. The maximum atomic E-state index is 15.8. The van der Waals surface area contributed by atoms with Crippen LogP contribution >= 0.6 is 0 Å². The number of hydrogen-bond acceptors (Lipinski definition) is 13. The number of methoxy groups -OCH3 is 1. The van der Waals surface area contributed by atoms with Crippen LogP contribution in [0.1, 0.15) is 83.1 Å². The number of nitrogens with zero attached hydrogens (tertiary/aromatic N) is 6. The molecule has 3 saturated heterocycles. The van der Waals surface area contributed by atoms with Gasteiger partial charge in [0.15, 0.2) is 11.5 Å². The standard InChI is InChI=1S/C51H57F2N7O9S/c1-6-68-43-28-32(10-17-42(43)67-4)41(30-70(5,65)66)60-47(62)38-8-7-9-39(45(38)48(60)63)59-26-24-58(25-27-59)34-19-22-57(23-20-34)31-51(52,53)33-11-13-35(14-12-33)69-36-15-16-37-40(29-36)56(3)55-46(37)50(2)21-18-44(61)54-49(50)64/h7-17,28-29,34,41H,6,18-27,30-31H2,1-5H3,(H,54,61,64)/t41-,50+/m1/s1. The van der Waals surface area contributed by atoms with Crippen molar-refractivity contribution < 1.29 is 50.6 Å². The Morgan fingerprint density at radius 1 is 0.886 bits per heavy atom. The van der Waals surface area contributed by atoms with Crippen molar-refractivity contribution in [3.8, 4) is 23.0 Å². The van der Waals surface area contributed by atoms with E-state index in [1.807, 2.05) is 17.0 Å². The topological polar surface area (TPSA) is 173 Å². The van der Waals surface area contributed by atoms with E-state index in [9.17, 15) is 27.6 Å². The number of aromatic nitrogens is 2. The first-order valence-electron chi connectivity index (χ1n) is 23.6. The largest absolute Gasteiger partial charge is 0.493 e. The fourth-order valence-electron chi connectivity index (χ4n) is 10.4. The highest BCUT2D eigenvalue weighted by Gasteiger charge is 2.46. The van der Waals surface area contributed by atoms with E-state index >= 15 is 8.78 Å². The minimum Gasteiger partial charge on any atom is -0.493 e. The number of piperazine rings is 1. The first kappa shape index (κ1) is 48.6. The van der Waals surface area contributed by atoms with Crippen molar-refractivity contribution in [2.75, 3.05) is 76.4 Å². The summed E-state index contributed by atoms with van der Waals surface area (Å²) < 4.78 is 76.1. The average molecular weight is 982 g/mol. The van der Waals surface area contributed by atoms with Gasteiger partial charge < -0.3 is 19.1 Å². The van der Waals surface area contributed by atoms with Gasteiger partial charge in [-0.05, 0) is 112 Å². The lowest BCUT2D eigenvalue weighted by molar-refractivity contribution is -0.137. The summed E-state index contributed by atoms with van der Waals surface area (Å²) in [6, 6.07) is 20.3. The van der Waals surface area contributed by atoms with Gasteiger partial charge in [0.1, 0.15) is 21.3 Å². The number of rotatable bonds is 15. The van der Waals surface area contributed by atoms with Crippen LogP contribution in [0, 0.1) is 0 Å². The molecule has 0 radical (unpaired) electrons. The molecule has 70 heavy (non-hydrogen) atoms. The molecule has 9 rings (SSSR count). The predicted octanol–water partition coefficient (Wildman–Crippen LogP) is 6.23. The molecule has 0 spiro atoms. The molecular formula is C51H57F2N7O9S. The van der Waals surface area contributed by atoms with Crippen LogP contribution in [0.25, 0.3) is 10.9 Å². The van der Waals surface area contributed by atoms with Crippen LogP contribution in [0.3, 0.4) is 0 Å². The zero-order valence-electron chi connectivity index (χ0n) is 39.9. The molecule has 370 valence electrons. The lowest BCUT2D eigenvalue weighted by Gasteiger charge is -2.44. The Hall–Kier alpha value is -6.44. The second-order valence-corrected chi connectivity index (χ2v) is 21.0. The van der Waals surface area contributed by atoms with Crippen LogP contribution in [0.15, 0.2) is 78.9 Å². The third-order valence-corrected chi connectivity index (χ3v) is 15.1. The molecule has 1 aromatic heterocycles. The molecule has 5 heterocycles. The molecule has 0 saturated carbocycles. The summed E-state index contributed by atoms with van der Waals surface area (Å²) in [6.07, 6.45) is 3.08. The van der Waals surface area contributed by atoms with Gasteiger partial charge in [0.05, 0.1) is 65.5 Å². The highest BCUT2D eigenvalue weighted by atomic mass is 32.2. The number of likely N-dealkylation sites (tertiary alicyclic amines) is 1. The molecular weight excluding hydrogens is 925 g/mol. The van der Waals surface area contributed by atoms with E-state index in [0.717, 1.165) is 34.9 Å². The van der Waals surface area contributed by atoms with Gasteiger partial charge in [-0.25, -0.2) is 8.42 Å². The van der Waals surface area contributed by atoms with Crippen LogP contribution in [0.2, 0.25) is 0 Å². The third kappa shape index (κ3) is 9.45. The Kier molecular flexibility index (Phi) is 13.2. The zero-order valence-corrected chi connectivity index (χ0v) is 40.7. The summed E-state index contributed by atoms with van der Waals surface area (Å²) in [5.74, 6) is -3.74. The Balaban J connectivity index is 0.793. The van der Waals surface area contributed by atoms with Crippen molar-refractivity contribution in [1.82, 2.24) is 29.8 Å². The number of ether oxygens (including phenoxy) is 3. The molecule has 1 N–H and O–H groups in total. The van der Waals surface area contributed by atoms with E-state index in [-0.39, 0.29) is 41.0 Å². The molecule has 2 atom stereocenters. The number of hydrogen-bond donors (Lipinski definition) is 1. The average Bonchev–Trinajstić information content (AvgIpc) is 3.81. The monoisotopic (exact) mass is 981 g/mol. The highest BCUT2D eigenvalue weighted by Crippen LogP contribution is 2.41. The minimum atomic E-state index is -3.67. The van der Waals surface area contributed by atoms with E-state index in [1.165, 1.54) is 31.4 Å². The van der Waals surface area contributed by atoms with Gasteiger partial charge in [-0.2, -0.15) is 13.9 Å². The third-order valence-electron chi connectivity index (χ3n) is 14.2. The van der Waals surface area contributed by atoms with E-state index in [1.54, 1.807) is 68.0 Å². The molecule has 4 aliphatic rings. The number of alkyl halides is 2. The summed E-state index contributed by atoms with van der Waals surface area (Å²) in [5.41, 5.74) is 1.70. The Labute approximate surface area is 405 Å². The number of anilines is 1. The molecule has 4 aliphatic heterocycles. The number of halogens is 2. The first-order chi connectivity index (χ1) is 33.4. The molecule has 16 nitrogen and oxygen atoms in total. The van der Waals surface area contributed by atoms with Crippen molar-refractivity contribution in [2.45, 2.75) is 63.0 Å². The Morgan fingerprint density at radius 3 is 2.27 bits per heavy atom. The lowest BCUT2D eigenvalue weighted by atomic mass is 9.77. The lowest BCUT2D eigenvalue weighted by Crippen LogP contribution is -2.54. The van der Waals surface area contributed by atoms with Gasteiger partial charge in [0, 0.05) is 69.0 Å². The number of fused-ring (bicyclic) bond motifs is 2. The van der Waals surface area contributed by atoms with E-state index in [2.05, 4.69) is 20.2 Å². The number of sulfone groups is 1. The van der Waals surface area contributed by atoms with Crippen LogP contribution < -0.4 is 24.4 Å². The fourth-order valence-corrected chi connectivity index (χ4v) is 11.3. The maximum Gasteiger partial charge on any atom is 0.285 e. The summed E-state index contributed by atoms with van der Waals surface area (Å²) in [5, 5.41) is 7.82. The predicted molar refractivity (Wildman–Crippen MR) is 258 cm³/mol. The van der Waals surface area contributed by atoms with Gasteiger partial charge in [0.25, 0.3) is 17.7 Å². The number of piperidine rings is 2. The summed E-state index contributed by atoms with van der Waals surface area (Å²) in [4.78, 5) is 60.4. The number of imide groups is 2. The Bertz CT molecular complexity index is 2970. The number of aryl methyl sites for hydroxylation is 1. The van der Waals surface area contributed by atoms with Gasteiger partial charge in [-0.1, -0.05) is 12.1 Å². The first-order valence-corrected chi connectivity index (χ1v) is 25.6. The highest BCUT2D eigenvalue weighted by molar-refractivity contribution is 7.90. The van der Waals surface area contributed by atoms with Gasteiger partial charge in [-0.3, -0.25) is 43.9 Å². The number of amides is 4. The zero-order chi connectivity index (χ0) is 49.7. The van der Waals surface area contributed by atoms with Crippen LogP contribution in [-0.2, 0) is 37.8 Å². The van der Waals surface area contributed by atoms with Crippen molar-refractivity contribution >= 4 is 50.1 Å². The number of carbonyl (C=O) groups excluding carboxylic acids is 4. The van der Waals surface area contributed by atoms with Gasteiger partial charge in [0.2, 0.25) is 11.8 Å². The summed E-state index contributed by atoms with van der Waals surface area (Å²) in [6.45, 7) is 6.99. The Morgan fingerprint density at radius 2 is 1.60 bits per heavy atom. The second-order valence-electron chi connectivity index (χ2n) is 18.9. The summed E-state index contributed by atoms with van der Waals surface area (Å²) in [7, 11) is -0.417. The van der Waals surface area contributed by atoms with Gasteiger partial charge in [-0.15, -0.1) is 0 Å². The molecule has 4 aromatic carbocycles. The van der Waals surface area contributed by atoms with Crippen LogP contribution in [0.5, 0.6) is 23.0 Å². The smallest absolute Gasteiger partial charge is 0.285 e. The molecule has 0 bridgehead atoms. The molecule has 5 aromatic rings. The normalized spacial score (nSPS) is 20.2. The minimum absolute atomic E-state index is 0.111. The SMILES string of the molecule is CCOc1cc([C@@H](CS(C)(=O)=O)N2C(=O)c3cccc(N4CCN(C5CCN(CC(F)(F)c6ccc(Oc7ccc8c([C@]9(C)CCC(=O)NC9=O)nn(C)c8c7)cc6)CC5)CC4)c3C2=O)ccc1OC. The van der Waals surface area contributed by atoms with Crippen molar-refractivity contribution in [3.05, 3.63) is 107 Å². The number of carbonyl (C=O) groups is 4. The molecule has 0 unspecified atom stereocenters. The van der Waals surface area contributed by atoms with Crippen LogP contribution in [-0.4, -0.2) is 134 Å². The van der Waals surface area contributed by atoms with Crippen molar-refractivity contribution in [2.24, 2.45) is 7.05 Å². The second kappa shape index (κ2) is 19.0. The fraction of sp³-hybridized carbons (Fsp3) is 0.431. The van der Waals surface area contributed by atoms with E-state index in [4.69, 9.17) is 14.2 Å². The molecule has 3 fully saturated rings. The van der Waals surface area contributed by atoms with E-state index < -0.39 is 51.3 Å². The van der Waals surface area contributed by atoms with E-state index in [0.29, 0.717) is 92.2 Å². The van der Waals surface area contributed by atoms with Crippen molar-refractivity contribution in [1.29, 1.82) is 0 Å². The molecule has 19 heteroatoms. The number of nitrogens with one attached hydrogen (secondary N) is 1. The van der Waals surface area contributed by atoms with Crippen LogP contribution in [0.4, 0.5) is 14.5 Å². The summed E-state index contributed by atoms with van der Waals surface area (Å²) >= 11 is 0. The van der Waals surface area contributed by atoms with Crippen molar-refractivity contribution in [3.63, 3.8) is 0 Å². The quantitative estimate of drug-likeness (QED) is 0.117. The van der Waals surface area contributed by atoms with Gasteiger partial charge >= 0.3 is 0 Å². The maximum absolute atomic E-state index is 15.8.